The predicted molar refractivity (Wildman–Crippen MR) is 72.1 cm³/mol. The van der Waals surface area contributed by atoms with Crippen molar-refractivity contribution in [2.75, 3.05) is 31.8 Å². The maximum Gasteiger partial charge on any atom is 0.356 e. The van der Waals surface area contributed by atoms with Crippen LogP contribution >= 0.6 is 0 Å². The third-order valence-electron chi connectivity index (χ3n) is 3.60. The molecule has 19 heavy (non-hydrogen) atoms. The Morgan fingerprint density at radius 2 is 2.21 bits per heavy atom. The average molecular weight is 265 g/mol. The Morgan fingerprint density at radius 3 is 2.74 bits per heavy atom. The van der Waals surface area contributed by atoms with Gasteiger partial charge in [0, 0.05) is 13.7 Å². The molecule has 0 atom stereocenters. The van der Waals surface area contributed by atoms with Gasteiger partial charge in [-0.1, -0.05) is 0 Å². The molecule has 1 fully saturated rings. The second-order valence-corrected chi connectivity index (χ2v) is 4.72. The van der Waals surface area contributed by atoms with Crippen LogP contribution in [0.15, 0.2) is 12.1 Å². The second kappa shape index (κ2) is 5.44. The summed E-state index contributed by atoms with van der Waals surface area (Å²) in [4.78, 5) is 15.6. The van der Waals surface area contributed by atoms with E-state index in [1.807, 2.05) is 0 Å². The molecule has 3 N–H and O–H groups in total. The van der Waals surface area contributed by atoms with Gasteiger partial charge in [0.05, 0.1) is 18.4 Å². The summed E-state index contributed by atoms with van der Waals surface area (Å²) < 4.78 is 10.1. The molecule has 0 aromatic carbocycles. The lowest BCUT2D eigenvalue weighted by Crippen LogP contribution is -2.45. The van der Waals surface area contributed by atoms with Crippen LogP contribution in [0.5, 0.6) is 0 Å². The SMILES string of the molecule is COC(=O)c1ccc(N)c(NCC2(OC)CCC2)n1. The van der Waals surface area contributed by atoms with Crippen molar-refractivity contribution in [1.29, 1.82) is 0 Å². The molecule has 1 aliphatic carbocycles. The highest BCUT2D eigenvalue weighted by Gasteiger charge is 2.36. The van der Waals surface area contributed by atoms with Crippen LogP contribution in [0.4, 0.5) is 11.5 Å². The Kier molecular flexibility index (Phi) is 3.90. The summed E-state index contributed by atoms with van der Waals surface area (Å²) >= 11 is 0. The van der Waals surface area contributed by atoms with E-state index in [0.29, 0.717) is 18.1 Å². The Labute approximate surface area is 112 Å². The zero-order chi connectivity index (χ0) is 13.9. The number of nitrogens with two attached hydrogens (primary N) is 1. The number of carbonyl (C=O) groups is 1. The minimum Gasteiger partial charge on any atom is -0.464 e. The van der Waals surface area contributed by atoms with Crippen LogP contribution in [-0.2, 0) is 9.47 Å². The Balaban J connectivity index is 2.08. The number of nitrogens with one attached hydrogen (secondary N) is 1. The van der Waals surface area contributed by atoms with E-state index in [1.165, 1.54) is 13.5 Å². The fourth-order valence-electron chi connectivity index (χ4n) is 2.10. The van der Waals surface area contributed by atoms with E-state index in [0.717, 1.165) is 12.8 Å². The molecule has 0 spiro atoms. The first-order valence-electron chi connectivity index (χ1n) is 6.24. The molecule has 1 saturated carbocycles. The fourth-order valence-corrected chi connectivity index (χ4v) is 2.10. The minimum atomic E-state index is -0.479. The van der Waals surface area contributed by atoms with E-state index in [9.17, 15) is 4.79 Å². The van der Waals surface area contributed by atoms with Crippen molar-refractivity contribution >= 4 is 17.5 Å². The van der Waals surface area contributed by atoms with Gasteiger partial charge in [0.25, 0.3) is 0 Å². The summed E-state index contributed by atoms with van der Waals surface area (Å²) in [6, 6.07) is 3.18. The van der Waals surface area contributed by atoms with Crippen molar-refractivity contribution in [1.82, 2.24) is 4.98 Å². The van der Waals surface area contributed by atoms with Crippen LogP contribution in [0.3, 0.4) is 0 Å². The smallest absolute Gasteiger partial charge is 0.356 e. The van der Waals surface area contributed by atoms with Gasteiger partial charge in [0.1, 0.15) is 5.82 Å². The van der Waals surface area contributed by atoms with Crippen molar-refractivity contribution < 1.29 is 14.3 Å². The number of aromatic nitrogens is 1. The molecule has 1 heterocycles. The van der Waals surface area contributed by atoms with Crippen molar-refractivity contribution in [3.63, 3.8) is 0 Å². The number of hydrogen-bond acceptors (Lipinski definition) is 6. The van der Waals surface area contributed by atoms with E-state index in [-0.39, 0.29) is 11.3 Å². The molecule has 104 valence electrons. The number of pyridine rings is 1. The fraction of sp³-hybridized carbons (Fsp3) is 0.538. The van der Waals surface area contributed by atoms with Gasteiger partial charge < -0.3 is 20.5 Å². The Hall–Kier alpha value is -1.82. The molecule has 1 aliphatic rings. The summed E-state index contributed by atoms with van der Waals surface area (Å²) in [6.07, 6.45) is 3.21. The van der Waals surface area contributed by atoms with Gasteiger partial charge in [-0.05, 0) is 31.4 Å². The van der Waals surface area contributed by atoms with Gasteiger partial charge in [0.15, 0.2) is 5.69 Å². The highest BCUT2D eigenvalue weighted by molar-refractivity contribution is 5.88. The first kappa shape index (κ1) is 13.6. The van der Waals surface area contributed by atoms with Gasteiger partial charge in [-0.2, -0.15) is 0 Å². The van der Waals surface area contributed by atoms with E-state index in [4.69, 9.17) is 10.5 Å². The molecule has 0 aliphatic heterocycles. The molecule has 6 nitrogen and oxygen atoms in total. The number of hydrogen-bond donors (Lipinski definition) is 2. The lowest BCUT2D eigenvalue weighted by Gasteiger charge is -2.40. The monoisotopic (exact) mass is 265 g/mol. The van der Waals surface area contributed by atoms with Gasteiger partial charge in [-0.25, -0.2) is 9.78 Å². The zero-order valence-electron chi connectivity index (χ0n) is 11.2. The van der Waals surface area contributed by atoms with Gasteiger partial charge in [0.2, 0.25) is 0 Å². The number of nitrogen functional groups attached to an aromatic ring is 1. The van der Waals surface area contributed by atoms with Crippen molar-refractivity contribution in [3.8, 4) is 0 Å². The average Bonchev–Trinajstić information content (AvgIpc) is 2.39. The minimum absolute atomic E-state index is 0.130. The molecule has 6 heteroatoms. The lowest BCUT2D eigenvalue weighted by atomic mass is 9.80. The highest BCUT2D eigenvalue weighted by Crippen LogP contribution is 2.35. The summed E-state index contributed by atoms with van der Waals surface area (Å²) in [5.74, 6) is 0.0133. The summed E-state index contributed by atoms with van der Waals surface area (Å²) in [6.45, 7) is 0.630. The third-order valence-corrected chi connectivity index (χ3v) is 3.60. The number of rotatable bonds is 5. The molecule has 0 bridgehead atoms. The largest absolute Gasteiger partial charge is 0.464 e. The van der Waals surface area contributed by atoms with E-state index >= 15 is 0 Å². The Bertz CT molecular complexity index is 467. The number of ether oxygens (including phenoxy) is 2. The summed E-state index contributed by atoms with van der Waals surface area (Å²) in [7, 11) is 3.03. The normalized spacial score (nSPS) is 16.5. The molecule has 0 amide bonds. The van der Waals surface area contributed by atoms with Gasteiger partial charge in [-0.15, -0.1) is 0 Å². The van der Waals surface area contributed by atoms with Crippen molar-refractivity contribution in [3.05, 3.63) is 17.8 Å². The van der Waals surface area contributed by atoms with Crippen LogP contribution in [0.1, 0.15) is 29.8 Å². The highest BCUT2D eigenvalue weighted by atomic mass is 16.5. The molecule has 1 aromatic heterocycles. The molecule has 0 saturated heterocycles. The number of anilines is 2. The molecular formula is C13H19N3O3. The maximum absolute atomic E-state index is 11.4. The number of nitrogens with zero attached hydrogens (tertiary/aromatic N) is 1. The van der Waals surface area contributed by atoms with Crippen LogP contribution in [0, 0.1) is 0 Å². The maximum atomic E-state index is 11.4. The lowest BCUT2D eigenvalue weighted by molar-refractivity contribution is -0.0601. The summed E-state index contributed by atoms with van der Waals surface area (Å²) in [5.41, 5.74) is 6.45. The second-order valence-electron chi connectivity index (χ2n) is 4.72. The van der Waals surface area contributed by atoms with Crippen molar-refractivity contribution in [2.45, 2.75) is 24.9 Å². The molecule has 0 unspecified atom stereocenters. The topological polar surface area (TPSA) is 86.5 Å². The molecule has 1 aromatic rings. The van der Waals surface area contributed by atoms with Crippen LogP contribution in [0.25, 0.3) is 0 Å². The predicted octanol–water partition coefficient (Wildman–Crippen LogP) is 1.43. The standard InChI is InChI=1S/C13H19N3O3/c1-18-12(17)10-5-4-9(14)11(16-10)15-8-13(19-2)6-3-7-13/h4-5H,3,6-8,14H2,1-2H3,(H,15,16). The zero-order valence-corrected chi connectivity index (χ0v) is 11.2. The quantitative estimate of drug-likeness (QED) is 0.783. The first-order chi connectivity index (χ1) is 9.10. The first-order valence-corrected chi connectivity index (χ1v) is 6.24. The van der Waals surface area contributed by atoms with Gasteiger partial charge in [-0.3, -0.25) is 0 Å². The Morgan fingerprint density at radius 1 is 1.47 bits per heavy atom. The van der Waals surface area contributed by atoms with Crippen molar-refractivity contribution in [2.24, 2.45) is 0 Å². The molecular weight excluding hydrogens is 246 g/mol. The number of carbonyl (C=O) groups excluding carboxylic acids is 1. The summed E-state index contributed by atoms with van der Waals surface area (Å²) in [5, 5.41) is 3.16. The van der Waals surface area contributed by atoms with E-state index in [2.05, 4.69) is 15.0 Å². The van der Waals surface area contributed by atoms with E-state index in [1.54, 1.807) is 19.2 Å². The van der Waals surface area contributed by atoms with Crippen LogP contribution in [-0.4, -0.2) is 37.3 Å². The molecule has 2 rings (SSSR count). The third kappa shape index (κ3) is 2.78. The number of esters is 1. The number of methoxy groups -OCH3 is 2. The van der Waals surface area contributed by atoms with Crippen LogP contribution < -0.4 is 11.1 Å². The molecule has 0 radical (unpaired) electrons. The van der Waals surface area contributed by atoms with Crippen LogP contribution in [0.2, 0.25) is 0 Å². The van der Waals surface area contributed by atoms with E-state index < -0.39 is 5.97 Å². The van der Waals surface area contributed by atoms with Gasteiger partial charge >= 0.3 is 5.97 Å².